The molecule has 24 heavy (non-hydrogen) atoms. The molecule has 1 amide bonds. The minimum atomic E-state index is -0.0638. The van der Waals surface area contributed by atoms with Crippen LogP contribution in [0.4, 0.5) is 5.69 Å². The van der Waals surface area contributed by atoms with Crippen LogP contribution in [-0.4, -0.2) is 49.3 Å². The molecule has 1 aromatic rings. The van der Waals surface area contributed by atoms with Crippen molar-refractivity contribution >= 4 is 11.6 Å². The lowest BCUT2D eigenvalue weighted by molar-refractivity contribution is -0.119. The Morgan fingerprint density at radius 2 is 2.17 bits per heavy atom. The molecule has 5 heteroatoms. The van der Waals surface area contributed by atoms with Crippen molar-refractivity contribution in [2.24, 2.45) is 11.8 Å². The molecule has 1 aliphatic rings. The van der Waals surface area contributed by atoms with Crippen LogP contribution in [0.15, 0.2) is 24.3 Å². The van der Waals surface area contributed by atoms with E-state index in [0.29, 0.717) is 19.1 Å². The third kappa shape index (κ3) is 5.89. The summed E-state index contributed by atoms with van der Waals surface area (Å²) in [6, 6.07) is 8.08. The van der Waals surface area contributed by atoms with Crippen LogP contribution in [0, 0.1) is 11.8 Å². The first kappa shape index (κ1) is 18.9. The van der Waals surface area contributed by atoms with E-state index in [1.807, 2.05) is 19.1 Å². The first-order valence-corrected chi connectivity index (χ1v) is 8.84. The normalized spacial score (nSPS) is 17.6. The maximum absolute atomic E-state index is 12.2. The van der Waals surface area contributed by atoms with Gasteiger partial charge < -0.3 is 15.2 Å². The number of anilines is 1. The van der Waals surface area contributed by atoms with Gasteiger partial charge in [0.2, 0.25) is 5.91 Å². The fraction of sp³-hybridized carbons (Fsp3) is 0.632. The number of nitrogens with one attached hydrogen (secondary N) is 1. The first-order chi connectivity index (χ1) is 11.6. The lowest BCUT2D eigenvalue weighted by atomic mass is 9.97. The molecule has 1 saturated heterocycles. The van der Waals surface area contributed by atoms with Crippen molar-refractivity contribution < 1.29 is 14.6 Å². The number of aliphatic hydroxyl groups is 1. The summed E-state index contributed by atoms with van der Waals surface area (Å²) in [5.41, 5.74) is 2.06. The van der Waals surface area contributed by atoms with Crippen molar-refractivity contribution in [2.45, 2.75) is 32.7 Å². The van der Waals surface area contributed by atoms with Crippen LogP contribution >= 0.6 is 0 Å². The van der Waals surface area contributed by atoms with Gasteiger partial charge in [-0.3, -0.25) is 9.69 Å². The molecule has 1 atom stereocenters. The van der Waals surface area contributed by atoms with Gasteiger partial charge in [-0.15, -0.1) is 0 Å². The monoisotopic (exact) mass is 334 g/mol. The Labute approximate surface area is 145 Å². The third-order valence-corrected chi connectivity index (χ3v) is 4.77. The van der Waals surface area contributed by atoms with Crippen LogP contribution in [-0.2, 0) is 16.1 Å². The Hall–Kier alpha value is -1.43. The molecule has 0 aliphatic carbocycles. The summed E-state index contributed by atoms with van der Waals surface area (Å²) < 4.78 is 5.03. The number of methoxy groups -OCH3 is 1. The van der Waals surface area contributed by atoms with Gasteiger partial charge in [0.25, 0.3) is 0 Å². The second kappa shape index (κ2) is 9.77. The Morgan fingerprint density at radius 1 is 1.42 bits per heavy atom. The summed E-state index contributed by atoms with van der Waals surface area (Å²) in [5.74, 6) is 0.430. The molecule has 1 aliphatic heterocycles. The van der Waals surface area contributed by atoms with Gasteiger partial charge in [0.1, 0.15) is 0 Å². The Balaban J connectivity index is 1.86. The van der Waals surface area contributed by atoms with Crippen molar-refractivity contribution in [3.8, 4) is 0 Å². The molecule has 0 radical (unpaired) electrons. The minimum absolute atomic E-state index is 0.0351. The van der Waals surface area contributed by atoms with Crippen LogP contribution in [0.2, 0.25) is 0 Å². The van der Waals surface area contributed by atoms with Gasteiger partial charge in [-0.05, 0) is 56.0 Å². The molecule has 2 N–H and O–H groups in total. The third-order valence-electron chi connectivity index (χ3n) is 4.77. The number of benzene rings is 1. The highest BCUT2D eigenvalue weighted by atomic mass is 16.5. The predicted octanol–water partition coefficient (Wildman–Crippen LogP) is 2.50. The van der Waals surface area contributed by atoms with Crippen molar-refractivity contribution in [3.05, 3.63) is 29.8 Å². The molecule has 0 bridgehead atoms. The average molecular weight is 334 g/mol. The van der Waals surface area contributed by atoms with Crippen LogP contribution in [0.25, 0.3) is 0 Å². The summed E-state index contributed by atoms with van der Waals surface area (Å²) >= 11 is 0. The second-order valence-electron chi connectivity index (χ2n) is 6.77. The van der Waals surface area contributed by atoms with E-state index in [1.165, 1.54) is 5.56 Å². The SMILES string of the molecule is COCCC(C)C(=O)Nc1cccc(CN2CCC(CO)CC2)c1. The number of hydrogen-bond donors (Lipinski definition) is 2. The highest BCUT2D eigenvalue weighted by Gasteiger charge is 2.18. The molecule has 1 unspecified atom stereocenters. The number of amides is 1. The number of likely N-dealkylation sites (tertiary alicyclic amines) is 1. The number of carbonyl (C=O) groups is 1. The van der Waals surface area contributed by atoms with Crippen LogP contribution < -0.4 is 5.32 Å². The van der Waals surface area contributed by atoms with E-state index < -0.39 is 0 Å². The first-order valence-electron chi connectivity index (χ1n) is 8.84. The van der Waals surface area contributed by atoms with E-state index in [-0.39, 0.29) is 11.8 Å². The van der Waals surface area contributed by atoms with Gasteiger partial charge in [-0.2, -0.15) is 0 Å². The highest BCUT2D eigenvalue weighted by Crippen LogP contribution is 2.20. The van der Waals surface area contributed by atoms with E-state index in [4.69, 9.17) is 4.74 Å². The second-order valence-corrected chi connectivity index (χ2v) is 6.77. The van der Waals surface area contributed by atoms with Gasteiger partial charge in [-0.25, -0.2) is 0 Å². The zero-order chi connectivity index (χ0) is 17.4. The highest BCUT2D eigenvalue weighted by molar-refractivity contribution is 5.92. The van der Waals surface area contributed by atoms with E-state index in [9.17, 15) is 9.90 Å². The molecular weight excluding hydrogens is 304 g/mol. The van der Waals surface area contributed by atoms with E-state index in [2.05, 4.69) is 22.3 Å². The molecule has 134 valence electrons. The maximum atomic E-state index is 12.2. The standard InChI is InChI=1S/C19H30N2O3/c1-15(8-11-24-2)19(23)20-18-5-3-4-17(12-18)13-21-9-6-16(14-22)7-10-21/h3-5,12,15-16,22H,6-11,13-14H2,1-2H3,(H,20,23). The molecule has 5 nitrogen and oxygen atoms in total. The van der Waals surface area contributed by atoms with Gasteiger partial charge in [-0.1, -0.05) is 19.1 Å². The lowest BCUT2D eigenvalue weighted by Crippen LogP contribution is -2.34. The van der Waals surface area contributed by atoms with Gasteiger partial charge in [0.05, 0.1) is 0 Å². The number of aliphatic hydroxyl groups excluding tert-OH is 1. The van der Waals surface area contributed by atoms with E-state index in [0.717, 1.165) is 44.6 Å². The maximum Gasteiger partial charge on any atom is 0.227 e. The molecule has 1 heterocycles. The average Bonchev–Trinajstić information content (AvgIpc) is 2.60. The topological polar surface area (TPSA) is 61.8 Å². The van der Waals surface area contributed by atoms with Gasteiger partial charge in [0.15, 0.2) is 0 Å². The van der Waals surface area contributed by atoms with Crippen LogP contribution in [0.3, 0.4) is 0 Å². The van der Waals surface area contributed by atoms with Crippen molar-refractivity contribution in [3.63, 3.8) is 0 Å². The van der Waals surface area contributed by atoms with Crippen LogP contribution in [0.1, 0.15) is 31.7 Å². The van der Waals surface area contributed by atoms with E-state index in [1.54, 1.807) is 7.11 Å². The smallest absolute Gasteiger partial charge is 0.227 e. The fourth-order valence-electron chi connectivity index (χ4n) is 3.02. The summed E-state index contributed by atoms with van der Waals surface area (Å²) in [5, 5.41) is 12.2. The Morgan fingerprint density at radius 3 is 2.83 bits per heavy atom. The van der Waals surface area contributed by atoms with Crippen molar-refractivity contribution in [1.82, 2.24) is 4.90 Å². The molecule has 0 saturated carbocycles. The largest absolute Gasteiger partial charge is 0.396 e. The van der Waals surface area contributed by atoms with Crippen LogP contribution in [0.5, 0.6) is 0 Å². The Kier molecular flexibility index (Phi) is 7.69. The number of ether oxygens (including phenoxy) is 1. The fourth-order valence-corrected chi connectivity index (χ4v) is 3.02. The van der Waals surface area contributed by atoms with E-state index >= 15 is 0 Å². The number of hydrogen-bond acceptors (Lipinski definition) is 4. The molecule has 2 rings (SSSR count). The minimum Gasteiger partial charge on any atom is -0.396 e. The summed E-state index contributed by atoms with van der Waals surface area (Å²) in [7, 11) is 1.65. The number of piperidine rings is 1. The quantitative estimate of drug-likeness (QED) is 0.767. The summed E-state index contributed by atoms with van der Waals surface area (Å²) in [6.07, 6.45) is 2.84. The number of carbonyl (C=O) groups excluding carboxylic acids is 1. The number of nitrogens with zero attached hydrogens (tertiary/aromatic N) is 1. The van der Waals surface area contributed by atoms with Gasteiger partial charge >= 0.3 is 0 Å². The number of rotatable bonds is 8. The molecule has 0 spiro atoms. The summed E-state index contributed by atoms with van der Waals surface area (Å²) in [4.78, 5) is 14.6. The zero-order valence-corrected chi connectivity index (χ0v) is 14.8. The molecule has 1 fully saturated rings. The molecule has 1 aromatic carbocycles. The van der Waals surface area contributed by atoms with Gasteiger partial charge in [0, 0.05) is 38.5 Å². The predicted molar refractivity (Wildman–Crippen MR) is 95.8 cm³/mol. The lowest BCUT2D eigenvalue weighted by Gasteiger charge is -2.31. The zero-order valence-electron chi connectivity index (χ0n) is 14.8. The van der Waals surface area contributed by atoms with Crippen molar-refractivity contribution in [2.75, 3.05) is 38.7 Å². The molecule has 0 aromatic heterocycles. The Bertz CT molecular complexity index is 513. The van der Waals surface area contributed by atoms with Crippen molar-refractivity contribution in [1.29, 1.82) is 0 Å². The summed E-state index contributed by atoms with van der Waals surface area (Å²) in [6.45, 7) is 5.76. The molecular formula is C19H30N2O3.